The van der Waals surface area contributed by atoms with Crippen LogP contribution < -0.4 is 10.6 Å². The van der Waals surface area contributed by atoms with Gasteiger partial charge in [-0.1, -0.05) is 6.42 Å². The fourth-order valence-corrected chi connectivity index (χ4v) is 4.51. The van der Waals surface area contributed by atoms with Crippen molar-refractivity contribution in [3.05, 3.63) is 15.6 Å². The van der Waals surface area contributed by atoms with Crippen LogP contribution in [-0.4, -0.2) is 72.5 Å². The number of hydrogen-bond donors (Lipinski definition) is 2. The second-order valence-electron chi connectivity index (χ2n) is 7.66. The van der Waals surface area contributed by atoms with E-state index in [9.17, 15) is 4.79 Å². The maximum atomic E-state index is 12.3. The molecule has 1 saturated carbocycles. The first kappa shape index (κ1) is 21.0. The Labute approximate surface area is 172 Å². The fourth-order valence-electron chi connectivity index (χ4n) is 3.65. The van der Waals surface area contributed by atoms with E-state index >= 15 is 0 Å². The maximum Gasteiger partial charge on any atom is 0.225 e. The van der Waals surface area contributed by atoms with Gasteiger partial charge in [-0.3, -0.25) is 9.69 Å². The van der Waals surface area contributed by atoms with E-state index < -0.39 is 0 Å². The van der Waals surface area contributed by atoms with E-state index in [1.165, 1.54) is 11.3 Å². The Morgan fingerprint density at radius 3 is 2.54 bits per heavy atom. The molecule has 0 bridgehead atoms. The van der Waals surface area contributed by atoms with Gasteiger partial charge < -0.3 is 15.5 Å². The van der Waals surface area contributed by atoms with Gasteiger partial charge in [0.05, 0.1) is 17.2 Å². The van der Waals surface area contributed by atoms with Crippen LogP contribution >= 0.6 is 11.3 Å². The molecule has 156 valence electrons. The zero-order chi connectivity index (χ0) is 19.9. The number of rotatable bonds is 7. The number of piperazine rings is 1. The van der Waals surface area contributed by atoms with Gasteiger partial charge >= 0.3 is 0 Å². The van der Waals surface area contributed by atoms with Crippen molar-refractivity contribution in [1.82, 2.24) is 25.4 Å². The van der Waals surface area contributed by atoms with Gasteiger partial charge in [0.25, 0.3) is 0 Å². The quantitative estimate of drug-likeness (QED) is 0.533. The predicted octanol–water partition coefficient (Wildman–Crippen LogP) is 1.76. The van der Waals surface area contributed by atoms with E-state index in [1.54, 1.807) is 11.3 Å². The summed E-state index contributed by atoms with van der Waals surface area (Å²) in [6, 6.07) is 0. The van der Waals surface area contributed by atoms with Crippen molar-refractivity contribution in [3.63, 3.8) is 0 Å². The van der Waals surface area contributed by atoms with Crippen LogP contribution in [0.2, 0.25) is 0 Å². The Morgan fingerprint density at radius 1 is 1.21 bits per heavy atom. The van der Waals surface area contributed by atoms with Crippen LogP contribution in [0.4, 0.5) is 0 Å². The average Bonchev–Trinajstić information content (AvgIpc) is 2.96. The van der Waals surface area contributed by atoms with Gasteiger partial charge in [0.2, 0.25) is 5.91 Å². The smallest absolute Gasteiger partial charge is 0.225 e. The Balaban J connectivity index is 1.39. The number of aryl methyl sites for hydroxylation is 2. The summed E-state index contributed by atoms with van der Waals surface area (Å²) in [5.74, 6) is 1.56. The molecule has 1 saturated heterocycles. The molecular weight excluding hydrogens is 372 g/mol. The Bertz CT molecular complexity index is 676. The summed E-state index contributed by atoms with van der Waals surface area (Å²) >= 11 is 1.72. The first-order valence-corrected chi connectivity index (χ1v) is 11.3. The van der Waals surface area contributed by atoms with Crippen molar-refractivity contribution in [3.8, 4) is 0 Å². The first-order valence-electron chi connectivity index (χ1n) is 10.5. The van der Waals surface area contributed by atoms with Crippen LogP contribution in [0.25, 0.3) is 0 Å². The minimum Gasteiger partial charge on any atom is -0.357 e. The molecule has 0 spiro atoms. The lowest BCUT2D eigenvalue weighted by Crippen LogP contribution is -2.52. The number of carbonyl (C=O) groups is 1. The molecule has 2 N–H and O–H groups in total. The molecular formula is C20H34N6OS. The molecule has 28 heavy (non-hydrogen) atoms. The van der Waals surface area contributed by atoms with Crippen molar-refractivity contribution in [2.75, 3.05) is 45.8 Å². The SMILES string of the molecule is CCNC(=NCc1sc(C)nc1C)NCCN1CCN(C(=O)C2CCC2)CC1. The molecule has 1 aromatic heterocycles. The average molecular weight is 407 g/mol. The minimum absolute atomic E-state index is 0.318. The third-order valence-electron chi connectivity index (χ3n) is 5.58. The summed E-state index contributed by atoms with van der Waals surface area (Å²) < 4.78 is 0. The third-order valence-corrected chi connectivity index (χ3v) is 6.64. The topological polar surface area (TPSA) is 72.9 Å². The van der Waals surface area contributed by atoms with E-state index in [-0.39, 0.29) is 0 Å². The summed E-state index contributed by atoms with van der Waals surface area (Å²) in [6.45, 7) is 13.2. The van der Waals surface area contributed by atoms with E-state index in [4.69, 9.17) is 4.99 Å². The standard InChI is InChI=1S/C20H34N6OS/c1-4-21-20(23-14-18-15(2)24-16(3)28-18)22-8-9-25-10-12-26(13-11-25)19(27)17-6-5-7-17/h17H,4-14H2,1-3H3,(H2,21,22,23). The number of aliphatic imine (C=N–C) groups is 1. The normalized spacial score (nSPS) is 18.8. The predicted molar refractivity (Wildman–Crippen MR) is 115 cm³/mol. The van der Waals surface area contributed by atoms with Crippen LogP contribution in [-0.2, 0) is 11.3 Å². The van der Waals surface area contributed by atoms with Crippen molar-refractivity contribution < 1.29 is 4.79 Å². The second-order valence-corrected chi connectivity index (χ2v) is 8.95. The molecule has 2 fully saturated rings. The monoisotopic (exact) mass is 406 g/mol. The number of aromatic nitrogens is 1. The number of hydrogen-bond acceptors (Lipinski definition) is 5. The van der Waals surface area contributed by atoms with Gasteiger partial charge in [-0.05, 0) is 33.6 Å². The van der Waals surface area contributed by atoms with E-state index in [2.05, 4.69) is 32.3 Å². The third kappa shape index (κ3) is 5.67. The highest BCUT2D eigenvalue weighted by Gasteiger charge is 2.30. The van der Waals surface area contributed by atoms with Gasteiger partial charge in [0.1, 0.15) is 0 Å². The van der Waals surface area contributed by atoms with E-state index in [1.807, 2.05) is 13.8 Å². The fraction of sp³-hybridized carbons (Fsp3) is 0.750. The summed E-state index contributed by atoms with van der Waals surface area (Å²) in [7, 11) is 0. The molecule has 0 aromatic carbocycles. The van der Waals surface area contributed by atoms with Crippen LogP contribution in [0, 0.1) is 19.8 Å². The number of nitrogens with one attached hydrogen (secondary N) is 2. The van der Waals surface area contributed by atoms with Crippen LogP contribution in [0.15, 0.2) is 4.99 Å². The van der Waals surface area contributed by atoms with Crippen LogP contribution in [0.1, 0.15) is 41.8 Å². The molecule has 3 rings (SSSR count). The molecule has 1 amide bonds. The molecule has 0 radical (unpaired) electrons. The molecule has 1 aliphatic carbocycles. The number of guanidine groups is 1. The summed E-state index contributed by atoms with van der Waals surface area (Å²) in [5.41, 5.74) is 1.08. The summed E-state index contributed by atoms with van der Waals surface area (Å²) in [5, 5.41) is 7.84. The molecule has 2 heterocycles. The summed E-state index contributed by atoms with van der Waals surface area (Å²) in [6.07, 6.45) is 3.41. The van der Waals surface area contributed by atoms with Crippen molar-refractivity contribution >= 4 is 23.2 Å². The Kier molecular flexibility index (Phi) is 7.67. The molecule has 7 nitrogen and oxygen atoms in total. The van der Waals surface area contributed by atoms with Gasteiger partial charge in [-0.2, -0.15) is 0 Å². The van der Waals surface area contributed by atoms with Crippen molar-refractivity contribution in [1.29, 1.82) is 0 Å². The van der Waals surface area contributed by atoms with Gasteiger partial charge in [0.15, 0.2) is 5.96 Å². The van der Waals surface area contributed by atoms with Crippen molar-refractivity contribution in [2.45, 2.75) is 46.6 Å². The zero-order valence-corrected chi connectivity index (χ0v) is 18.3. The van der Waals surface area contributed by atoms with E-state index in [0.29, 0.717) is 18.4 Å². The molecule has 0 atom stereocenters. The van der Waals surface area contributed by atoms with Gasteiger partial charge in [0, 0.05) is 56.6 Å². The maximum absolute atomic E-state index is 12.3. The number of amides is 1. The number of nitrogens with zero attached hydrogens (tertiary/aromatic N) is 4. The number of carbonyl (C=O) groups excluding carboxylic acids is 1. The summed E-state index contributed by atoms with van der Waals surface area (Å²) in [4.78, 5) is 27.2. The minimum atomic E-state index is 0.318. The molecule has 1 aliphatic heterocycles. The molecule has 0 unspecified atom stereocenters. The Hall–Kier alpha value is -1.67. The van der Waals surface area contributed by atoms with Gasteiger partial charge in [-0.15, -0.1) is 11.3 Å². The van der Waals surface area contributed by atoms with E-state index in [0.717, 1.165) is 75.3 Å². The molecule has 8 heteroatoms. The first-order chi connectivity index (χ1) is 13.6. The second kappa shape index (κ2) is 10.2. The lowest BCUT2D eigenvalue weighted by molar-refractivity contribution is -0.139. The highest BCUT2D eigenvalue weighted by molar-refractivity contribution is 7.11. The Morgan fingerprint density at radius 2 is 1.96 bits per heavy atom. The molecule has 2 aliphatic rings. The molecule has 1 aromatic rings. The largest absolute Gasteiger partial charge is 0.357 e. The van der Waals surface area contributed by atoms with Gasteiger partial charge in [-0.25, -0.2) is 9.98 Å². The number of thiazole rings is 1. The lowest BCUT2D eigenvalue weighted by atomic mass is 9.84. The lowest BCUT2D eigenvalue weighted by Gasteiger charge is -2.38. The van der Waals surface area contributed by atoms with Crippen LogP contribution in [0.3, 0.4) is 0 Å². The zero-order valence-electron chi connectivity index (χ0n) is 17.5. The highest BCUT2D eigenvalue weighted by Crippen LogP contribution is 2.28. The highest BCUT2D eigenvalue weighted by atomic mass is 32.1. The van der Waals surface area contributed by atoms with Crippen molar-refractivity contribution in [2.24, 2.45) is 10.9 Å². The van der Waals surface area contributed by atoms with Crippen LogP contribution in [0.5, 0.6) is 0 Å².